The monoisotopic (exact) mass is 420 g/mol. The van der Waals surface area contributed by atoms with Crippen LogP contribution in [0.15, 0.2) is 74.9 Å². The molecule has 4 aromatic rings. The molecule has 8 heteroatoms. The van der Waals surface area contributed by atoms with Gasteiger partial charge in [0.25, 0.3) is 5.56 Å². The van der Waals surface area contributed by atoms with E-state index in [9.17, 15) is 9.59 Å². The lowest BCUT2D eigenvalue weighted by Crippen LogP contribution is -2.20. The third-order valence-corrected chi connectivity index (χ3v) is 5.54. The zero-order valence-corrected chi connectivity index (χ0v) is 17.3. The van der Waals surface area contributed by atoms with Crippen molar-refractivity contribution in [3.63, 3.8) is 0 Å². The molecule has 0 atom stereocenters. The number of para-hydroxylation sites is 2. The molecule has 0 bridgehead atoms. The minimum atomic E-state index is -0.316. The van der Waals surface area contributed by atoms with Crippen LogP contribution < -0.4 is 16.2 Å². The standard InChI is InChI=1S/C22H20N4O3S/c1-14-7-3-4-8-17(14)24-22(28)25-18-9-5-6-10-19(18)30-13-16-12-21(27)26-20(23-16)11-15(2)29-26/h3-12H,13H2,1-2H3,(H2,24,25,28). The lowest BCUT2D eigenvalue weighted by Gasteiger charge is -2.12. The second-order valence-electron chi connectivity index (χ2n) is 6.76. The Kier molecular flexibility index (Phi) is 5.58. The van der Waals surface area contributed by atoms with Gasteiger partial charge in [0.2, 0.25) is 0 Å². The molecule has 0 saturated carbocycles. The molecule has 30 heavy (non-hydrogen) atoms. The van der Waals surface area contributed by atoms with Crippen LogP contribution in [-0.4, -0.2) is 15.6 Å². The fraction of sp³-hybridized carbons (Fsp3) is 0.136. The van der Waals surface area contributed by atoms with Crippen molar-refractivity contribution in [3.8, 4) is 0 Å². The lowest BCUT2D eigenvalue weighted by molar-refractivity contribution is 0.262. The minimum absolute atomic E-state index is 0.257. The molecule has 0 unspecified atom stereocenters. The van der Waals surface area contributed by atoms with E-state index in [0.717, 1.165) is 16.1 Å². The number of fused-ring (bicyclic) bond motifs is 1. The highest BCUT2D eigenvalue weighted by Gasteiger charge is 2.11. The summed E-state index contributed by atoms with van der Waals surface area (Å²) in [5.74, 6) is 1.10. The van der Waals surface area contributed by atoms with Crippen LogP contribution in [0.2, 0.25) is 0 Å². The molecule has 0 spiro atoms. The highest BCUT2D eigenvalue weighted by Crippen LogP contribution is 2.29. The Labute approximate surface area is 177 Å². The number of carbonyl (C=O) groups is 1. The molecular formula is C22H20N4O3S. The van der Waals surface area contributed by atoms with Crippen LogP contribution >= 0.6 is 11.8 Å². The fourth-order valence-corrected chi connectivity index (χ4v) is 3.88. The summed E-state index contributed by atoms with van der Waals surface area (Å²) in [6.07, 6.45) is 0. The van der Waals surface area contributed by atoms with Crippen molar-refractivity contribution in [1.82, 2.24) is 9.56 Å². The Balaban J connectivity index is 1.48. The van der Waals surface area contributed by atoms with E-state index in [1.54, 1.807) is 13.0 Å². The Morgan fingerprint density at radius 1 is 1.03 bits per heavy atom. The Hall–Kier alpha value is -3.52. The van der Waals surface area contributed by atoms with Gasteiger partial charge in [0.05, 0.1) is 11.4 Å². The van der Waals surface area contributed by atoms with E-state index in [1.165, 1.54) is 22.4 Å². The summed E-state index contributed by atoms with van der Waals surface area (Å²) in [6.45, 7) is 3.71. The molecule has 152 valence electrons. The number of hydrogen-bond donors (Lipinski definition) is 2. The van der Waals surface area contributed by atoms with Gasteiger partial charge in [-0.1, -0.05) is 30.3 Å². The van der Waals surface area contributed by atoms with E-state index < -0.39 is 0 Å². The van der Waals surface area contributed by atoms with E-state index >= 15 is 0 Å². The zero-order valence-electron chi connectivity index (χ0n) is 16.5. The zero-order chi connectivity index (χ0) is 21.1. The average molecular weight is 420 g/mol. The smallest absolute Gasteiger partial charge is 0.323 e. The summed E-state index contributed by atoms with van der Waals surface area (Å²) in [6, 6.07) is 18.0. The van der Waals surface area contributed by atoms with Crippen LogP contribution in [0, 0.1) is 13.8 Å². The van der Waals surface area contributed by atoms with Gasteiger partial charge in [-0.25, -0.2) is 9.78 Å². The summed E-state index contributed by atoms with van der Waals surface area (Å²) in [5, 5.41) is 5.76. The Morgan fingerprint density at radius 2 is 1.73 bits per heavy atom. The van der Waals surface area contributed by atoms with Gasteiger partial charge in [0, 0.05) is 28.5 Å². The van der Waals surface area contributed by atoms with Gasteiger partial charge in [-0.3, -0.25) is 4.79 Å². The lowest BCUT2D eigenvalue weighted by atomic mass is 10.2. The summed E-state index contributed by atoms with van der Waals surface area (Å²) < 4.78 is 6.49. The van der Waals surface area contributed by atoms with Crippen LogP contribution in [0.1, 0.15) is 17.0 Å². The number of urea groups is 1. The van der Waals surface area contributed by atoms with Crippen LogP contribution in [0.25, 0.3) is 5.65 Å². The Morgan fingerprint density at radius 3 is 2.53 bits per heavy atom. The summed E-state index contributed by atoms with van der Waals surface area (Å²) in [4.78, 5) is 30.0. The maximum Gasteiger partial charge on any atom is 0.323 e. The average Bonchev–Trinajstić information content (AvgIpc) is 3.10. The van der Waals surface area contributed by atoms with E-state index in [4.69, 9.17) is 4.52 Å². The van der Waals surface area contributed by atoms with E-state index in [2.05, 4.69) is 15.6 Å². The van der Waals surface area contributed by atoms with Crippen molar-refractivity contribution in [2.75, 3.05) is 10.6 Å². The first-order valence-corrected chi connectivity index (χ1v) is 10.3. The third kappa shape index (κ3) is 4.38. The number of nitrogens with one attached hydrogen (secondary N) is 2. The van der Waals surface area contributed by atoms with Gasteiger partial charge in [0.1, 0.15) is 5.76 Å². The first-order chi connectivity index (χ1) is 14.5. The third-order valence-electron chi connectivity index (χ3n) is 4.43. The predicted octanol–water partition coefficient (Wildman–Crippen LogP) is 4.84. The van der Waals surface area contributed by atoms with E-state index in [1.807, 2.05) is 55.5 Å². The van der Waals surface area contributed by atoms with Crippen molar-refractivity contribution in [1.29, 1.82) is 0 Å². The molecule has 2 N–H and O–H groups in total. The van der Waals surface area contributed by atoms with Crippen molar-refractivity contribution < 1.29 is 9.32 Å². The molecule has 0 radical (unpaired) electrons. The molecule has 2 amide bonds. The SMILES string of the molecule is Cc1cc2nc(CSc3ccccc3NC(=O)Nc3ccccc3C)cc(=O)n2o1. The molecule has 7 nitrogen and oxygen atoms in total. The second-order valence-corrected chi connectivity index (χ2v) is 7.78. The number of aromatic nitrogens is 2. The first-order valence-electron chi connectivity index (χ1n) is 9.35. The van der Waals surface area contributed by atoms with Gasteiger partial charge >= 0.3 is 6.03 Å². The largest absolute Gasteiger partial charge is 0.375 e. The first kappa shape index (κ1) is 19.8. The van der Waals surface area contributed by atoms with E-state index in [0.29, 0.717) is 28.5 Å². The maximum atomic E-state index is 12.5. The quantitative estimate of drug-likeness (QED) is 0.451. The molecule has 2 heterocycles. The van der Waals surface area contributed by atoms with Gasteiger partial charge in [-0.05, 0) is 37.6 Å². The highest BCUT2D eigenvalue weighted by molar-refractivity contribution is 7.98. The second kappa shape index (κ2) is 8.46. The molecule has 0 saturated heterocycles. The van der Waals surface area contributed by atoms with Crippen LogP contribution in [0.4, 0.5) is 16.2 Å². The van der Waals surface area contributed by atoms with Gasteiger partial charge < -0.3 is 15.2 Å². The van der Waals surface area contributed by atoms with Crippen molar-refractivity contribution in [2.45, 2.75) is 24.5 Å². The Bertz CT molecular complexity index is 1280. The summed E-state index contributed by atoms with van der Waals surface area (Å²) in [7, 11) is 0. The summed E-state index contributed by atoms with van der Waals surface area (Å²) >= 11 is 1.49. The fourth-order valence-electron chi connectivity index (χ4n) is 2.98. The van der Waals surface area contributed by atoms with Crippen LogP contribution in [-0.2, 0) is 5.75 Å². The van der Waals surface area contributed by atoms with Crippen molar-refractivity contribution in [3.05, 3.63) is 88.0 Å². The number of benzene rings is 2. The number of aryl methyl sites for hydroxylation is 2. The number of carbonyl (C=O) groups excluding carboxylic acids is 1. The van der Waals surface area contributed by atoms with Gasteiger partial charge in [-0.15, -0.1) is 16.3 Å². The predicted molar refractivity (Wildman–Crippen MR) is 118 cm³/mol. The number of amides is 2. The molecule has 2 aromatic heterocycles. The number of rotatable bonds is 5. The summed E-state index contributed by atoms with van der Waals surface area (Å²) in [5.41, 5.74) is 3.30. The molecule has 0 aliphatic heterocycles. The number of anilines is 2. The van der Waals surface area contributed by atoms with Crippen molar-refractivity contribution >= 4 is 34.8 Å². The highest BCUT2D eigenvalue weighted by atomic mass is 32.2. The van der Waals surface area contributed by atoms with Crippen LogP contribution in [0.3, 0.4) is 0 Å². The molecule has 0 aliphatic rings. The van der Waals surface area contributed by atoms with Crippen LogP contribution in [0.5, 0.6) is 0 Å². The minimum Gasteiger partial charge on any atom is -0.375 e. The van der Waals surface area contributed by atoms with Gasteiger partial charge in [0.15, 0.2) is 5.65 Å². The maximum absolute atomic E-state index is 12.5. The number of thioether (sulfide) groups is 1. The number of nitrogens with zero attached hydrogens (tertiary/aromatic N) is 2. The molecule has 4 rings (SSSR count). The molecule has 0 aliphatic carbocycles. The van der Waals surface area contributed by atoms with Gasteiger partial charge in [-0.2, -0.15) is 0 Å². The topological polar surface area (TPSA) is 88.6 Å². The van der Waals surface area contributed by atoms with E-state index in [-0.39, 0.29) is 11.6 Å². The normalized spacial score (nSPS) is 10.9. The molecular weight excluding hydrogens is 400 g/mol. The number of hydrogen-bond acceptors (Lipinski definition) is 5. The molecule has 2 aromatic carbocycles. The molecule has 0 fully saturated rings. The van der Waals surface area contributed by atoms with Crippen molar-refractivity contribution in [2.24, 2.45) is 0 Å².